The van der Waals surface area contributed by atoms with E-state index in [1.165, 1.54) is 6.42 Å². The van der Waals surface area contributed by atoms with Crippen LogP contribution in [0.3, 0.4) is 0 Å². The van der Waals surface area contributed by atoms with Gasteiger partial charge in [0.05, 0.1) is 6.61 Å². The van der Waals surface area contributed by atoms with Crippen molar-refractivity contribution in [2.24, 2.45) is 0 Å². The number of benzene rings is 1. The Balaban J connectivity index is 0.000000492. The summed E-state index contributed by atoms with van der Waals surface area (Å²) in [6.45, 7) is 8.77. The molecule has 2 rings (SSSR count). The Bertz CT molecular complexity index is 558. The summed E-state index contributed by atoms with van der Waals surface area (Å²) in [4.78, 5) is 14.0. The van der Waals surface area contributed by atoms with Crippen molar-refractivity contribution in [2.75, 3.05) is 6.61 Å². The van der Waals surface area contributed by atoms with Crippen molar-refractivity contribution >= 4 is 10.9 Å². The van der Waals surface area contributed by atoms with Crippen molar-refractivity contribution in [3.05, 3.63) is 40.2 Å². The fourth-order valence-corrected chi connectivity index (χ4v) is 1.66. The van der Waals surface area contributed by atoms with Gasteiger partial charge in [0, 0.05) is 17.0 Å². The minimum Gasteiger partial charge on any atom is -0.494 e. The van der Waals surface area contributed by atoms with Crippen molar-refractivity contribution in [3.63, 3.8) is 0 Å². The van der Waals surface area contributed by atoms with E-state index in [2.05, 4.69) is 18.8 Å². The molecule has 2 aromatic rings. The smallest absolute Gasteiger partial charge is 0.248 e. The van der Waals surface area contributed by atoms with Gasteiger partial charge in [-0.1, -0.05) is 20.3 Å². The molecule has 0 atom stereocenters. The van der Waals surface area contributed by atoms with E-state index < -0.39 is 0 Å². The number of H-pyrrole nitrogens is 1. The third kappa shape index (κ3) is 3.62. The largest absolute Gasteiger partial charge is 0.494 e. The number of hydrogen-bond donors (Lipinski definition) is 1. The highest BCUT2D eigenvalue weighted by atomic mass is 16.5. The zero-order chi connectivity index (χ0) is 13.5. The lowest BCUT2D eigenvalue weighted by atomic mass is 10.1. The lowest BCUT2D eigenvalue weighted by Gasteiger charge is -2.06. The minimum absolute atomic E-state index is 0.0656. The standard InChI is InChI=1S/C12H13NO2.C3H8/c1-3-15-9-4-5-11-10(7-9)8(2)6-12(14)13-11;1-3-2/h4-7H,3H2,1-2H3,(H,13,14);3H2,1-2H3. The van der Waals surface area contributed by atoms with Crippen LogP contribution < -0.4 is 10.3 Å². The Morgan fingerprint density at radius 1 is 1.17 bits per heavy atom. The third-order valence-electron chi connectivity index (χ3n) is 2.33. The van der Waals surface area contributed by atoms with Crippen LogP contribution in [0.4, 0.5) is 0 Å². The molecule has 0 aliphatic heterocycles. The molecule has 1 aromatic heterocycles. The molecule has 18 heavy (non-hydrogen) atoms. The van der Waals surface area contributed by atoms with Gasteiger partial charge in [0.2, 0.25) is 5.56 Å². The number of ether oxygens (including phenoxy) is 1. The van der Waals surface area contributed by atoms with E-state index in [1.807, 2.05) is 32.0 Å². The van der Waals surface area contributed by atoms with Crippen LogP contribution in [0.15, 0.2) is 29.1 Å². The summed E-state index contributed by atoms with van der Waals surface area (Å²) in [6, 6.07) is 7.28. The lowest BCUT2D eigenvalue weighted by molar-refractivity contribution is 0.340. The van der Waals surface area contributed by atoms with Gasteiger partial charge >= 0.3 is 0 Å². The SMILES string of the molecule is CCC.CCOc1ccc2[nH]c(=O)cc(C)c2c1. The second-order valence-electron chi connectivity index (χ2n) is 4.16. The summed E-state index contributed by atoms with van der Waals surface area (Å²) in [5.41, 5.74) is 1.75. The topological polar surface area (TPSA) is 42.1 Å². The molecule has 0 saturated heterocycles. The normalized spacial score (nSPS) is 9.78. The lowest BCUT2D eigenvalue weighted by Crippen LogP contribution is -2.04. The molecule has 0 unspecified atom stereocenters. The predicted molar refractivity (Wildman–Crippen MR) is 76.4 cm³/mol. The Labute approximate surface area is 108 Å². The molecule has 0 fully saturated rings. The van der Waals surface area contributed by atoms with E-state index in [4.69, 9.17) is 4.74 Å². The Morgan fingerprint density at radius 2 is 1.83 bits per heavy atom. The monoisotopic (exact) mass is 247 g/mol. The zero-order valence-electron chi connectivity index (χ0n) is 11.5. The molecule has 0 aliphatic rings. The Kier molecular flexibility index (Phi) is 5.43. The van der Waals surface area contributed by atoms with Gasteiger partial charge in [0.15, 0.2) is 0 Å². The highest BCUT2D eigenvalue weighted by molar-refractivity contribution is 5.83. The van der Waals surface area contributed by atoms with E-state index in [-0.39, 0.29) is 5.56 Å². The average Bonchev–Trinajstić information content (AvgIpc) is 2.31. The van der Waals surface area contributed by atoms with Crippen LogP contribution in [0.1, 0.15) is 32.8 Å². The maximum absolute atomic E-state index is 11.2. The van der Waals surface area contributed by atoms with Crippen LogP contribution in [-0.4, -0.2) is 11.6 Å². The molecule has 0 saturated carbocycles. The van der Waals surface area contributed by atoms with Crippen molar-refractivity contribution in [3.8, 4) is 5.75 Å². The molecule has 0 bridgehead atoms. The fraction of sp³-hybridized carbons (Fsp3) is 0.400. The van der Waals surface area contributed by atoms with Gasteiger partial charge in [-0.25, -0.2) is 0 Å². The van der Waals surface area contributed by atoms with E-state index in [1.54, 1.807) is 6.07 Å². The number of aryl methyl sites for hydroxylation is 1. The summed E-state index contributed by atoms with van der Waals surface area (Å²) in [6.07, 6.45) is 1.25. The minimum atomic E-state index is -0.0656. The van der Waals surface area contributed by atoms with Gasteiger partial charge < -0.3 is 9.72 Å². The molecule has 1 aromatic carbocycles. The summed E-state index contributed by atoms with van der Waals surface area (Å²) in [5, 5.41) is 1.03. The molecule has 1 N–H and O–H groups in total. The molecule has 0 spiro atoms. The van der Waals surface area contributed by atoms with Gasteiger partial charge in [-0.3, -0.25) is 4.79 Å². The highest BCUT2D eigenvalue weighted by Gasteiger charge is 2.01. The number of aromatic amines is 1. The number of nitrogens with one attached hydrogen (secondary N) is 1. The van der Waals surface area contributed by atoms with Gasteiger partial charge in [0.1, 0.15) is 5.75 Å². The van der Waals surface area contributed by atoms with Crippen LogP contribution in [0.5, 0.6) is 5.75 Å². The first-order valence-electron chi connectivity index (χ1n) is 6.38. The quantitative estimate of drug-likeness (QED) is 0.880. The maximum atomic E-state index is 11.2. The molecule has 0 amide bonds. The summed E-state index contributed by atoms with van der Waals surface area (Å²) >= 11 is 0. The molecule has 0 radical (unpaired) electrons. The van der Waals surface area contributed by atoms with Crippen molar-refractivity contribution in [1.82, 2.24) is 4.98 Å². The van der Waals surface area contributed by atoms with Crippen LogP contribution in [0.2, 0.25) is 0 Å². The van der Waals surface area contributed by atoms with Crippen LogP contribution in [-0.2, 0) is 0 Å². The van der Waals surface area contributed by atoms with Crippen LogP contribution >= 0.6 is 0 Å². The second-order valence-corrected chi connectivity index (χ2v) is 4.16. The first-order valence-corrected chi connectivity index (χ1v) is 6.38. The number of aromatic nitrogens is 1. The summed E-state index contributed by atoms with van der Waals surface area (Å²) < 4.78 is 5.41. The Morgan fingerprint density at radius 3 is 2.44 bits per heavy atom. The van der Waals surface area contributed by atoms with Crippen molar-refractivity contribution in [2.45, 2.75) is 34.1 Å². The zero-order valence-corrected chi connectivity index (χ0v) is 11.5. The van der Waals surface area contributed by atoms with Gasteiger partial charge in [-0.15, -0.1) is 0 Å². The van der Waals surface area contributed by atoms with Gasteiger partial charge in [0.25, 0.3) is 0 Å². The van der Waals surface area contributed by atoms with E-state index in [9.17, 15) is 4.79 Å². The molecule has 0 aliphatic carbocycles. The molecule has 98 valence electrons. The van der Waals surface area contributed by atoms with Gasteiger partial charge in [-0.2, -0.15) is 0 Å². The molecule has 3 nitrogen and oxygen atoms in total. The summed E-state index contributed by atoms with van der Waals surface area (Å²) in [5.74, 6) is 0.833. The van der Waals surface area contributed by atoms with Gasteiger partial charge in [-0.05, 0) is 37.6 Å². The molecule has 1 heterocycles. The fourth-order valence-electron chi connectivity index (χ4n) is 1.66. The maximum Gasteiger partial charge on any atom is 0.248 e. The number of pyridine rings is 1. The van der Waals surface area contributed by atoms with Crippen LogP contribution in [0, 0.1) is 6.92 Å². The summed E-state index contributed by atoms with van der Waals surface area (Å²) in [7, 11) is 0. The second kappa shape index (κ2) is 6.84. The third-order valence-corrected chi connectivity index (χ3v) is 2.33. The van der Waals surface area contributed by atoms with Crippen molar-refractivity contribution in [1.29, 1.82) is 0 Å². The molecular weight excluding hydrogens is 226 g/mol. The van der Waals surface area contributed by atoms with E-state index in [0.717, 1.165) is 22.2 Å². The highest BCUT2D eigenvalue weighted by Crippen LogP contribution is 2.20. The average molecular weight is 247 g/mol. The first-order chi connectivity index (χ1) is 8.62. The van der Waals surface area contributed by atoms with E-state index >= 15 is 0 Å². The number of hydrogen-bond acceptors (Lipinski definition) is 2. The van der Waals surface area contributed by atoms with Crippen molar-refractivity contribution < 1.29 is 4.74 Å². The number of rotatable bonds is 2. The number of fused-ring (bicyclic) bond motifs is 1. The van der Waals surface area contributed by atoms with Crippen LogP contribution in [0.25, 0.3) is 10.9 Å². The Hall–Kier alpha value is -1.77. The molecule has 3 heteroatoms. The molecular formula is C15H21NO2. The first kappa shape index (κ1) is 14.3. The predicted octanol–water partition coefficient (Wildman–Crippen LogP) is 3.65. The van der Waals surface area contributed by atoms with E-state index in [0.29, 0.717) is 6.61 Å².